The van der Waals surface area contributed by atoms with E-state index in [0.717, 1.165) is 6.07 Å². The first kappa shape index (κ1) is 16.0. The topological polar surface area (TPSA) is 52.8 Å². The molecule has 0 aliphatic rings. The maximum atomic E-state index is 13.2. The van der Waals surface area contributed by atoms with Gasteiger partial charge in [0, 0.05) is 18.0 Å². The van der Waals surface area contributed by atoms with Gasteiger partial charge in [0.2, 0.25) is 5.95 Å². The molecule has 24 heavy (non-hydrogen) atoms. The monoisotopic (exact) mass is 334 g/mol. The van der Waals surface area contributed by atoms with Crippen LogP contribution in [0.4, 0.5) is 13.2 Å². The average Bonchev–Trinajstić information content (AvgIpc) is 3.00. The zero-order valence-electron chi connectivity index (χ0n) is 12.9. The number of imidazole rings is 1. The number of rotatable bonds is 3. The van der Waals surface area contributed by atoms with E-state index in [-0.39, 0.29) is 11.6 Å². The second-order valence-corrected chi connectivity index (χ2v) is 5.01. The Morgan fingerprint density at radius 2 is 1.79 bits per heavy atom. The Morgan fingerprint density at radius 3 is 2.33 bits per heavy atom. The summed E-state index contributed by atoms with van der Waals surface area (Å²) in [5, 5.41) is 0. The summed E-state index contributed by atoms with van der Waals surface area (Å²) in [6.07, 6.45) is -1.58. The number of hydrogen-bond donors (Lipinski definition) is 0. The number of ether oxygens (including phenoxy) is 1. The summed E-state index contributed by atoms with van der Waals surface area (Å²) in [4.78, 5) is 11.9. The third-order valence-corrected chi connectivity index (χ3v) is 3.43. The smallest absolute Gasteiger partial charge is 0.433 e. The summed E-state index contributed by atoms with van der Waals surface area (Å²) in [7, 11) is 1.52. The molecule has 8 heteroatoms. The molecule has 0 N–H and O–H groups in total. The number of nitrogens with zero attached hydrogens (tertiary/aromatic N) is 4. The highest BCUT2D eigenvalue weighted by atomic mass is 19.4. The van der Waals surface area contributed by atoms with Gasteiger partial charge in [-0.05, 0) is 37.3 Å². The quantitative estimate of drug-likeness (QED) is 0.733. The Morgan fingerprint density at radius 1 is 1.08 bits per heavy atom. The molecule has 0 aliphatic carbocycles. The molecular weight excluding hydrogens is 321 g/mol. The molecule has 5 nitrogen and oxygen atoms in total. The van der Waals surface area contributed by atoms with Gasteiger partial charge in [-0.25, -0.2) is 15.0 Å². The van der Waals surface area contributed by atoms with Gasteiger partial charge in [-0.3, -0.25) is 4.57 Å². The van der Waals surface area contributed by atoms with Crippen molar-refractivity contribution in [3.63, 3.8) is 0 Å². The molecule has 0 atom stereocenters. The number of methoxy groups -OCH3 is 1. The van der Waals surface area contributed by atoms with Crippen molar-refractivity contribution < 1.29 is 17.9 Å². The van der Waals surface area contributed by atoms with Crippen LogP contribution < -0.4 is 4.74 Å². The molecule has 2 aromatic heterocycles. The Labute approximate surface area is 135 Å². The standard InChI is InChI=1S/C16H13F3N4O/c1-10-20-7-8-23(10)15-21-13(9-14(22-15)16(17,18)19)11-3-5-12(24-2)6-4-11/h3-9H,1-2H3. The minimum atomic E-state index is -4.58. The molecule has 0 fully saturated rings. The second kappa shape index (κ2) is 5.95. The molecule has 0 unspecified atom stereocenters. The molecule has 0 saturated heterocycles. The van der Waals surface area contributed by atoms with Crippen molar-refractivity contribution in [2.45, 2.75) is 13.1 Å². The number of hydrogen-bond acceptors (Lipinski definition) is 4. The fourth-order valence-corrected chi connectivity index (χ4v) is 2.19. The molecule has 0 bridgehead atoms. The van der Waals surface area contributed by atoms with E-state index >= 15 is 0 Å². The van der Waals surface area contributed by atoms with Crippen molar-refractivity contribution in [3.8, 4) is 23.0 Å². The van der Waals surface area contributed by atoms with Crippen molar-refractivity contribution in [2.75, 3.05) is 7.11 Å². The minimum absolute atomic E-state index is 0.0781. The van der Waals surface area contributed by atoms with E-state index in [4.69, 9.17) is 4.74 Å². The van der Waals surface area contributed by atoms with Crippen LogP contribution in [0.1, 0.15) is 11.5 Å². The molecule has 0 spiro atoms. The van der Waals surface area contributed by atoms with Crippen LogP contribution in [0.2, 0.25) is 0 Å². The highest BCUT2D eigenvalue weighted by Crippen LogP contribution is 2.31. The molecule has 1 aromatic carbocycles. The fourth-order valence-electron chi connectivity index (χ4n) is 2.19. The summed E-state index contributed by atoms with van der Waals surface area (Å²) in [5.41, 5.74) is -0.308. The van der Waals surface area contributed by atoms with E-state index in [1.165, 1.54) is 24.1 Å². The first-order valence-electron chi connectivity index (χ1n) is 6.99. The predicted octanol–water partition coefficient (Wildman–Crippen LogP) is 3.67. The van der Waals surface area contributed by atoms with E-state index in [2.05, 4.69) is 15.0 Å². The lowest BCUT2D eigenvalue weighted by Gasteiger charge is -2.12. The van der Waals surface area contributed by atoms with Crippen molar-refractivity contribution >= 4 is 0 Å². The summed E-state index contributed by atoms with van der Waals surface area (Å²) in [6, 6.07) is 7.54. The number of aromatic nitrogens is 4. The summed E-state index contributed by atoms with van der Waals surface area (Å²) in [6.45, 7) is 1.66. The lowest BCUT2D eigenvalue weighted by Crippen LogP contribution is -2.13. The van der Waals surface area contributed by atoms with Crippen LogP contribution >= 0.6 is 0 Å². The summed E-state index contributed by atoms with van der Waals surface area (Å²) in [5.74, 6) is 1.02. The summed E-state index contributed by atoms with van der Waals surface area (Å²) >= 11 is 0. The minimum Gasteiger partial charge on any atom is -0.497 e. The van der Waals surface area contributed by atoms with Gasteiger partial charge >= 0.3 is 6.18 Å². The van der Waals surface area contributed by atoms with Crippen LogP contribution in [0.5, 0.6) is 5.75 Å². The maximum Gasteiger partial charge on any atom is 0.433 e. The number of alkyl halides is 3. The van der Waals surface area contributed by atoms with E-state index < -0.39 is 11.9 Å². The van der Waals surface area contributed by atoms with E-state index in [0.29, 0.717) is 17.1 Å². The van der Waals surface area contributed by atoms with Crippen molar-refractivity contribution in [2.24, 2.45) is 0 Å². The summed E-state index contributed by atoms with van der Waals surface area (Å²) < 4.78 is 46.0. The lowest BCUT2D eigenvalue weighted by molar-refractivity contribution is -0.141. The van der Waals surface area contributed by atoms with Gasteiger partial charge in [-0.1, -0.05) is 0 Å². The van der Waals surface area contributed by atoms with Crippen molar-refractivity contribution in [1.82, 2.24) is 19.5 Å². The SMILES string of the molecule is COc1ccc(-c2cc(C(F)(F)F)nc(-n3ccnc3C)n2)cc1. The lowest BCUT2D eigenvalue weighted by atomic mass is 10.1. The van der Waals surface area contributed by atoms with Crippen LogP contribution in [0.3, 0.4) is 0 Å². The molecule has 124 valence electrons. The number of aryl methyl sites for hydroxylation is 1. The third kappa shape index (κ3) is 3.08. The molecule has 0 amide bonds. The van der Waals surface area contributed by atoms with Gasteiger partial charge in [0.05, 0.1) is 12.8 Å². The van der Waals surface area contributed by atoms with Crippen molar-refractivity contribution in [3.05, 3.63) is 54.2 Å². The van der Waals surface area contributed by atoms with Gasteiger partial charge in [0.25, 0.3) is 0 Å². The maximum absolute atomic E-state index is 13.2. The van der Waals surface area contributed by atoms with Crippen LogP contribution in [0, 0.1) is 6.92 Å². The number of benzene rings is 1. The Bertz CT molecular complexity index is 857. The highest BCUT2D eigenvalue weighted by molar-refractivity contribution is 5.61. The molecule has 3 rings (SSSR count). The van der Waals surface area contributed by atoms with Gasteiger partial charge in [0.15, 0.2) is 5.69 Å². The molecule has 3 aromatic rings. The molecule has 0 aliphatic heterocycles. The average molecular weight is 334 g/mol. The first-order valence-corrected chi connectivity index (χ1v) is 6.99. The van der Waals surface area contributed by atoms with Gasteiger partial charge in [-0.15, -0.1) is 0 Å². The Hall–Kier alpha value is -2.90. The van der Waals surface area contributed by atoms with Crippen molar-refractivity contribution in [1.29, 1.82) is 0 Å². The van der Waals surface area contributed by atoms with Gasteiger partial charge in [-0.2, -0.15) is 13.2 Å². The van der Waals surface area contributed by atoms with Crippen LogP contribution in [0.25, 0.3) is 17.2 Å². The van der Waals surface area contributed by atoms with Crippen LogP contribution in [-0.4, -0.2) is 26.6 Å². The van der Waals surface area contributed by atoms with E-state index in [1.54, 1.807) is 31.2 Å². The van der Waals surface area contributed by atoms with E-state index in [1.807, 2.05) is 0 Å². The van der Waals surface area contributed by atoms with Gasteiger partial charge < -0.3 is 4.74 Å². The molecular formula is C16H13F3N4O. The van der Waals surface area contributed by atoms with Crippen LogP contribution in [-0.2, 0) is 6.18 Å². The molecule has 0 saturated carbocycles. The van der Waals surface area contributed by atoms with Gasteiger partial charge in [0.1, 0.15) is 11.6 Å². The number of halogens is 3. The first-order chi connectivity index (χ1) is 11.4. The second-order valence-electron chi connectivity index (χ2n) is 5.01. The Balaban J connectivity index is 2.16. The normalized spacial score (nSPS) is 11.5. The highest BCUT2D eigenvalue weighted by Gasteiger charge is 2.34. The van der Waals surface area contributed by atoms with E-state index in [9.17, 15) is 13.2 Å². The zero-order valence-corrected chi connectivity index (χ0v) is 12.9. The molecule has 2 heterocycles. The third-order valence-electron chi connectivity index (χ3n) is 3.43. The van der Waals surface area contributed by atoms with Crippen LogP contribution in [0.15, 0.2) is 42.7 Å². The molecule has 0 radical (unpaired) electrons. The zero-order chi connectivity index (χ0) is 17.3. The fraction of sp³-hybridized carbons (Fsp3) is 0.188. The largest absolute Gasteiger partial charge is 0.497 e. The predicted molar refractivity (Wildman–Crippen MR) is 80.9 cm³/mol. The Kier molecular flexibility index (Phi) is 3.96.